The normalized spacial score (nSPS) is 21.3. The van der Waals surface area contributed by atoms with Crippen LogP contribution in [-0.4, -0.2) is 28.9 Å². The molecule has 15 heavy (non-hydrogen) atoms. The van der Waals surface area contributed by atoms with E-state index >= 15 is 0 Å². The van der Waals surface area contributed by atoms with Crippen molar-refractivity contribution in [3.8, 4) is 5.75 Å². The van der Waals surface area contributed by atoms with E-state index in [1.165, 1.54) is 0 Å². The van der Waals surface area contributed by atoms with Gasteiger partial charge in [-0.05, 0) is 37.1 Å². The van der Waals surface area contributed by atoms with Crippen LogP contribution in [0.4, 0.5) is 0 Å². The molecule has 1 aliphatic carbocycles. The van der Waals surface area contributed by atoms with Gasteiger partial charge in [0.15, 0.2) is 0 Å². The molecule has 0 saturated heterocycles. The minimum absolute atomic E-state index is 0.174. The first kappa shape index (κ1) is 10.2. The average molecular weight is 207 g/mol. The van der Waals surface area contributed by atoms with Gasteiger partial charge >= 0.3 is 5.78 Å². The molecule has 0 aromatic heterocycles. The molecule has 0 aliphatic heterocycles. The monoisotopic (exact) mass is 207 g/mol. The lowest BCUT2D eigenvalue weighted by atomic mass is 10.00. The van der Waals surface area contributed by atoms with E-state index in [1.54, 1.807) is 14.0 Å². The van der Waals surface area contributed by atoms with Crippen LogP contribution in [0.15, 0.2) is 18.2 Å². The average Bonchev–Trinajstić information content (AvgIpc) is 2.55. The summed E-state index contributed by atoms with van der Waals surface area (Å²) in [5.41, 5.74) is 1.87. The van der Waals surface area contributed by atoms with Crippen LogP contribution in [0.25, 0.3) is 0 Å². The molecule has 2 atom stereocenters. The highest BCUT2D eigenvalue weighted by Gasteiger charge is 2.38. The number of ether oxygens (including phenoxy) is 1. The van der Waals surface area contributed by atoms with E-state index in [0.717, 1.165) is 16.9 Å². The second-order valence-electron chi connectivity index (χ2n) is 3.96. The van der Waals surface area contributed by atoms with Crippen molar-refractivity contribution in [3.05, 3.63) is 29.3 Å². The van der Waals surface area contributed by atoms with E-state index in [0.29, 0.717) is 12.2 Å². The summed E-state index contributed by atoms with van der Waals surface area (Å²) in [5, 5.41) is 9.51. The topological polar surface area (TPSA) is 50.9 Å². The number of aliphatic hydroxyl groups is 1. The fourth-order valence-corrected chi connectivity index (χ4v) is 2.05. The summed E-state index contributed by atoms with van der Waals surface area (Å²) in [7, 11) is 1.62. The summed E-state index contributed by atoms with van der Waals surface area (Å²) >= 11 is 0. The van der Waals surface area contributed by atoms with Crippen LogP contribution in [-0.2, 0) is 6.42 Å². The van der Waals surface area contributed by atoms with E-state index in [-0.39, 0.29) is 5.92 Å². The number of rotatable bonds is 2. The highest BCUT2D eigenvalue weighted by Crippen LogP contribution is 2.30. The number of hydrogen-bond donors (Lipinski definition) is 1. The molecule has 2 unspecified atom stereocenters. The molecule has 2 N–H and O–H groups in total. The Morgan fingerprint density at radius 1 is 1.53 bits per heavy atom. The maximum absolute atomic E-state index is 9.89. The Kier molecular flexibility index (Phi) is 2.49. The molecular formula is C12H15O3+. The predicted molar refractivity (Wildman–Crippen MR) is 57.9 cm³/mol. The van der Waals surface area contributed by atoms with Crippen LogP contribution < -0.4 is 4.74 Å². The second-order valence-corrected chi connectivity index (χ2v) is 3.96. The SMILES string of the molecule is COc1ccc2c(c1)CC(C(C)O)C2=[OH+]. The molecule has 0 heterocycles. The number of fused-ring (bicyclic) bond motifs is 1. The van der Waals surface area contributed by atoms with Crippen LogP contribution >= 0.6 is 0 Å². The Labute approximate surface area is 88.7 Å². The zero-order chi connectivity index (χ0) is 11.0. The van der Waals surface area contributed by atoms with Gasteiger partial charge < -0.3 is 9.84 Å². The first-order valence-corrected chi connectivity index (χ1v) is 5.04. The number of ketones is 1. The molecule has 0 saturated carbocycles. The van der Waals surface area contributed by atoms with Gasteiger partial charge in [-0.15, -0.1) is 0 Å². The van der Waals surface area contributed by atoms with Crippen molar-refractivity contribution < 1.29 is 14.6 Å². The molecular weight excluding hydrogens is 192 g/mol. The first-order valence-electron chi connectivity index (χ1n) is 5.04. The molecule has 2 rings (SSSR count). The highest BCUT2D eigenvalue weighted by atomic mass is 16.5. The van der Waals surface area contributed by atoms with Gasteiger partial charge in [-0.3, -0.25) is 4.79 Å². The lowest BCUT2D eigenvalue weighted by Crippen LogP contribution is -2.23. The zero-order valence-corrected chi connectivity index (χ0v) is 8.90. The molecule has 0 fully saturated rings. The van der Waals surface area contributed by atoms with Gasteiger partial charge in [-0.25, -0.2) is 0 Å². The molecule has 0 bridgehead atoms. The van der Waals surface area contributed by atoms with Crippen LogP contribution in [0.3, 0.4) is 0 Å². The second kappa shape index (κ2) is 3.66. The van der Waals surface area contributed by atoms with Crippen molar-refractivity contribution in [3.63, 3.8) is 0 Å². The number of methoxy groups -OCH3 is 1. The van der Waals surface area contributed by atoms with Crippen molar-refractivity contribution in [1.82, 2.24) is 0 Å². The number of hydrogen-bond acceptors (Lipinski definition) is 2. The van der Waals surface area contributed by atoms with Crippen molar-refractivity contribution in [2.45, 2.75) is 19.4 Å². The van der Waals surface area contributed by atoms with Gasteiger partial charge in [0.2, 0.25) is 0 Å². The third kappa shape index (κ3) is 1.63. The van der Waals surface area contributed by atoms with Crippen LogP contribution in [0.5, 0.6) is 5.75 Å². The van der Waals surface area contributed by atoms with Gasteiger partial charge in [0.05, 0.1) is 18.8 Å². The van der Waals surface area contributed by atoms with E-state index < -0.39 is 6.10 Å². The Hall–Kier alpha value is -1.35. The summed E-state index contributed by atoms with van der Waals surface area (Å²) in [6.07, 6.45) is 0.152. The fourth-order valence-electron chi connectivity index (χ4n) is 2.05. The van der Waals surface area contributed by atoms with Gasteiger partial charge in [0, 0.05) is 0 Å². The summed E-state index contributed by atoms with van der Waals surface area (Å²) in [5.74, 6) is 0.905. The molecule has 80 valence electrons. The third-order valence-electron chi connectivity index (χ3n) is 2.96. The highest BCUT2D eigenvalue weighted by molar-refractivity contribution is 6.03. The quantitative estimate of drug-likeness (QED) is 0.739. The van der Waals surface area contributed by atoms with E-state index in [1.807, 2.05) is 18.2 Å². The van der Waals surface area contributed by atoms with Gasteiger partial charge in [0.25, 0.3) is 0 Å². The Balaban J connectivity index is 2.36. The van der Waals surface area contributed by atoms with Crippen molar-refractivity contribution >= 4 is 5.78 Å². The van der Waals surface area contributed by atoms with E-state index in [2.05, 4.69) is 0 Å². The number of carbonyl (C=O) groups excluding carboxylic acids is 1. The smallest absolute Gasteiger partial charge is 0.329 e. The molecule has 1 aromatic carbocycles. The summed E-state index contributed by atoms with van der Waals surface area (Å²) in [6.45, 7) is 1.70. The number of aliphatic hydroxyl groups excluding tert-OH is 1. The van der Waals surface area contributed by atoms with Crippen LogP contribution in [0.2, 0.25) is 0 Å². The molecule has 1 aromatic rings. The van der Waals surface area contributed by atoms with E-state index in [9.17, 15) is 9.90 Å². The molecule has 3 nitrogen and oxygen atoms in total. The minimum Gasteiger partial charge on any atom is -0.497 e. The third-order valence-corrected chi connectivity index (χ3v) is 2.96. The van der Waals surface area contributed by atoms with Crippen LogP contribution in [0.1, 0.15) is 18.1 Å². The Bertz CT molecular complexity index is 396. The Morgan fingerprint density at radius 2 is 2.27 bits per heavy atom. The minimum atomic E-state index is -0.525. The molecule has 1 aliphatic rings. The fraction of sp³-hybridized carbons (Fsp3) is 0.417. The van der Waals surface area contributed by atoms with Gasteiger partial charge in [-0.1, -0.05) is 0 Å². The lowest BCUT2D eigenvalue weighted by Gasteiger charge is -2.06. The summed E-state index contributed by atoms with van der Waals surface area (Å²) in [4.78, 5) is 9.89. The standard InChI is InChI=1S/C12H14O3/c1-7(13)11-6-8-5-9(15-2)3-4-10(8)12(11)14/h3-5,7,11,13H,6H2,1-2H3/p+1. The first-order chi connectivity index (χ1) is 7.13. The number of benzene rings is 1. The molecule has 3 heteroatoms. The predicted octanol–water partition coefficient (Wildman–Crippen LogP) is 1.14. The van der Waals surface area contributed by atoms with Crippen LogP contribution in [0, 0.1) is 5.92 Å². The lowest BCUT2D eigenvalue weighted by molar-refractivity contribution is 0.157. The van der Waals surface area contributed by atoms with Crippen molar-refractivity contribution in [2.24, 2.45) is 5.92 Å². The van der Waals surface area contributed by atoms with Gasteiger partial charge in [-0.2, -0.15) is 0 Å². The van der Waals surface area contributed by atoms with Gasteiger partial charge in [0.1, 0.15) is 11.7 Å². The molecule has 0 spiro atoms. The largest absolute Gasteiger partial charge is 0.497 e. The summed E-state index contributed by atoms with van der Waals surface area (Å²) in [6, 6.07) is 5.57. The maximum Gasteiger partial charge on any atom is 0.329 e. The Morgan fingerprint density at radius 3 is 2.87 bits per heavy atom. The molecule has 0 amide bonds. The zero-order valence-electron chi connectivity index (χ0n) is 8.90. The maximum atomic E-state index is 9.89. The van der Waals surface area contributed by atoms with Crippen molar-refractivity contribution in [2.75, 3.05) is 7.11 Å². The molecule has 0 radical (unpaired) electrons. The van der Waals surface area contributed by atoms with E-state index in [4.69, 9.17) is 4.74 Å². The van der Waals surface area contributed by atoms with Crippen molar-refractivity contribution in [1.29, 1.82) is 0 Å². The summed E-state index contributed by atoms with van der Waals surface area (Å²) < 4.78 is 5.12.